The van der Waals surface area contributed by atoms with Crippen molar-refractivity contribution in [3.8, 4) is 33.4 Å². The fourth-order valence-corrected chi connectivity index (χ4v) is 9.05. The molecule has 0 amide bonds. The van der Waals surface area contributed by atoms with Crippen LogP contribution >= 0.6 is 0 Å². The van der Waals surface area contributed by atoms with Crippen molar-refractivity contribution in [3.63, 3.8) is 0 Å². The Balaban J connectivity index is 1.06. The summed E-state index contributed by atoms with van der Waals surface area (Å²) in [5, 5.41) is 14.2. The largest absolute Gasteiger partial charge is 0.456 e. The van der Waals surface area contributed by atoms with Gasteiger partial charge < -0.3 is 8.83 Å². The molecule has 0 spiro atoms. The van der Waals surface area contributed by atoms with E-state index in [4.69, 9.17) is 8.83 Å². The maximum Gasteiger partial charge on any atom is 0.143 e. The zero-order chi connectivity index (χ0) is 35.3. The van der Waals surface area contributed by atoms with Crippen molar-refractivity contribution in [2.45, 2.75) is 0 Å². The Hall–Kier alpha value is -7.16. The zero-order valence-corrected chi connectivity index (χ0v) is 29.1. The van der Waals surface area contributed by atoms with Crippen LogP contribution in [0.15, 0.2) is 191 Å². The number of hydrogen-bond donors (Lipinski definition) is 0. The molecule has 0 unspecified atom stereocenters. The Morgan fingerprint density at radius 3 is 1.57 bits per heavy atom. The van der Waals surface area contributed by atoms with Crippen LogP contribution in [0.3, 0.4) is 0 Å². The molecule has 0 bridgehead atoms. The molecule has 54 heavy (non-hydrogen) atoms. The lowest BCUT2D eigenvalue weighted by Crippen LogP contribution is -1.92. The van der Waals surface area contributed by atoms with Crippen molar-refractivity contribution in [3.05, 3.63) is 182 Å². The van der Waals surface area contributed by atoms with Crippen LogP contribution in [0, 0.1) is 0 Å². The normalized spacial score (nSPS) is 12.1. The first-order valence-corrected chi connectivity index (χ1v) is 18.5. The molecular formula is C52H30O2. The minimum Gasteiger partial charge on any atom is -0.456 e. The van der Waals surface area contributed by atoms with Gasteiger partial charge in [0.1, 0.15) is 22.3 Å². The molecule has 10 aromatic carbocycles. The van der Waals surface area contributed by atoms with Gasteiger partial charge in [-0.25, -0.2) is 0 Å². The summed E-state index contributed by atoms with van der Waals surface area (Å²) >= 11 is 0. The van der Waals surface area contributed by atoms with Crippen LogP contribution in [0.4, 0.5) is 0 Å². The van der Waals surface area contributed by atoms with Crippen molar-refractivity contribution in [2.24, 2.45) is 0 Å². The molecule has 2 heterocycles. The molecule has 12 aromatic rings. The molecule has 0 aliphatic carbocycles. The van der Waals surface area contributed by atoms with Crippen molar-refractivity contribution < 1.29 is 8.83 Å². The second kappa shape index (κ2) is 11.2. The molecule has 2 heteroatoms. The van der Waals surface area contributed by atoms with E-state index < -0.39 is 0 Å². The average molecular weight is 687 g/mol. The van der Waals surface area contributed by atoms with Gasteiger partial charge >= 0.3 is 0 Å². The highest BCUT2D eigenvalue weighted by Crippen LogP contribution is 2.47. The van der Waals surface area contributed by atoms with E-state index in [1.165, 1.54) is 60.1 Å². The van der Waals surface area contributed by atoms with Crippen LogP contribution in [-0.2, 0) is 0 Å². The van der Waals surface area contributed by atoms with Gasteiger partial charge in [-0.2, -0.15) is 0 Å². The third-order valence-corrected chi connectivity index (χ3v) is 11.4. The van der Waals surface area contributed by atoms with Gasteiger partial charge in [0.25, 0.3) is 0 Å². The lowest BCUT2D eigenvalue weighted by atomic mass is 9.84. The molecule has 250 valence electrons. The summed E-state index contributed by atoms with van der Waals surface area (Å²) < 4.78 is 12.9. The molecule has 2 aromatic heterocycles. The van der Waals surface area contributed by atoms with E-state index >= 15 is 0 Å². The van der Waals surface area contributed by atoms with Crippen molar-refractivity contribution in [1.82, 2.24) is 0 Å². The van der Waals surface area contributed by atoms with E-state index in [-0.39, 0.29) is 0 Å². The van der Waals surface area contributed by atoms with Crippen LogP contribution in [0.5, 0.6) is 0 Å². The third-order valence-electron chi connectivity index (χ3n) is 11.4. The fraction of sp³-hybridized carbons (Fsp3) is 0. The number of fused-ring (bicyclic) bond motifs is 11. The molecule has 2 nitrogen and oxygen atoms in total. The monoisotopic (exact) mass is 686 g/mol. The van der Waals surface area contributed by atoms with Crippen molar-refractivity contribution in [1.29, 1.82) is 0 Å². The number of para-hydroxylation sites is 1. The Kier molecular flexibility index (Phi) is 6.09. The van der Waals surface area contributed by atoms with E-state index in [2.05, 4.69) is 170 Å². The van der Waals surface area contributed by atoms with Gasteiger partial charge in [0.15, 0.2) is 0 Å². The molecule has 0 aliphatic heterocycles. The Morgan fingerprint density at radius 2 is 0.833 bits per heavy atom. The van der Waals surface area contributed by atoms with Crippen LogP contribution in [0.2, 0.25) is 0 Å². The number of hydrogen-bond acceptors (Lipinski definition) is 2. The quantitative estimate of drug-likeness (QED) is 0.173. The van der Waals surface area contributed by atoms with Gasteiger partial charge in [-0.05, 0) is 107 Å². The summed E-state index contributed by atoms with van der Waals surface area (Å²) in [6.45, 7) is 0. The van der Waals surface area contributed by atoms with Crippen molar-refractivity contribution in [2.75, 3.05) is 0 Å². The van der Waals surface area contributed by atoms with Gasteiger partial charge in [0.2, 0.25) is 0 Å². The summed E-state index contributed by atoms with van der Waals surface area (Å²) in [6.07, 6.45) is 0. The first kappa shape index (κ1) is 29.4. The summed E-state index contributed by atoms with van der Waals surface area (Å²) in [4.78, 5) is 0. The highest BCUT2D eigenvalue weighted by molar-refractivity contribution is 6.24. The van der Waals surface area contributed by atoms with Crippen LogP contribution < -0.4 is 0 Å². The number of rotatable bonds is 3. The second-order valence-electron chi connectivity index (χ2n) is 14.3. The van der Waals surface area contributed by atoms with Gasteiger partial charge in [0.05, 0.1) is 0 Å². The predicted molar refractivity (Wildman–Crippen MR) is 227 cm³/mol. The second-order valence-corrected chi connectivity index (χ2v) is 14.3. The van der Waals surface area contributed by atoms with Crippen LogP contribution in [0.25, 0.3) is 120 Å². The number of furan rings is 2. The van der Waals surface area contributed by atoms with Crippen molar-refractivity contribution >= 4 is 87.0 Å². The highest BCUT2D eigenvalue weighted by Gasteiger charge is 2.20. The molecule has 0 N–H and O–H groups in total. The van der Waals surface area contributed by atoms with E-state index in [1.807, 2.05) is 12.1 Å². The van der Waals surface area contributed by atoms with Crippen LogP contribution in [0.1, 0.15) is 0 Å². The maximum atomic E-state index is 6.52. The summed E-state index contributed by atoms with van der Waals surface area (Å²) in [6, 6.07) is 65.7. The molecule has 0 fully saturated rings. The SMILES string of the molecule is c1ccc(-c2c3ccccc3c(-c3ccc(-c4ccc5oc6cc7c(ccc8c9ccccc9oc78)cc6c5c4)c4ccccc34)c3ccccc23)cc1. The van der Waals surface area contributed by atoms with Gasteiger partial charge in [0, 0.05) is 26.9 Å². The molecule has 0 atom stereocenters. The molecule has 0 saturated heterocycles. The Bertz CT molecular complexity index is 3430. The average Bonchev–Trinajstić information content (AvgIpc) is 3.80. The van der Waals surface area contributed by atoms with Gasteiger partial charge in [-0.15, -0.1) is 0 Å². The topological polar surface area (TPSA) is 26.3 Å². The lowest BCUT2D eigenvalue weighted by Gasteiger charge is -2.19. The van der Waals surface area contributed by atoms with E-state index in [9.17, 15) is 0 Å². The summed E-state index contributed by atoms with van der Waals surface area (Å²) in [7, 11) is 0. The minimum atomic E-state index is 0.862. The molecular weight excluding hydrogens is 657 g/mol. The first-order chi connectivity index (χ1) is 26.8. The maximum absolute atomic E-state index is 6.52. The van der Waals surface area contributed by atoms with E-state index in [0.29, 0.717) is 0 Å². The molecule has 0 aliphatic rings. The van der Waals surface area contributed by atoms with Gasteiger partial charge in [-0.3, -0.25) is 0 Å². The predicted octanol–water partition coefficient (Wildman–Crippen LogP) is 15.1. The van der Waals surface area contributed by atoms with Crippen LogP contribution in [-0.4, -0.2) is 0 Å². The zero-order valence-electron chi connectivity index (χ0n) is 29.1. The summed E-state index contributed by atoms with van der Waals surface area (Å²) in [5.41, 5.74) is 10.9. The molecule has 0 saturated carbocycles. The standard InChI is InChI=1S/C52H30O2/c1-2-12-31(13-3-1)50-38-17-6-8-19-40(38)51(41-20-9-7-18-39(41)50)42-26-25-34(35-14-4-5-15-36(35)42)32-23-27-48-45(28-32)46-29-33-22-24-43-37-16-10-11-21-47(37)54-52(43)44(33)30-49(46)53-48/h1-30H. The van der Waals surface area contributed by atoms with Gasteiger partial charge in [-0.1, -0.05) is 146 Å². The molecule has 0 radical (unpaired) electrons. The minimum absolute atomic E-state index is 0.862. The highest BCUT2D eigenvalue weighted by atomic mass is 16.3. The number of benzene rings is 10. The summed E-state index contributed by atoms with van der Waals surface area (Å²) in [5.74, 6) is 0. The van der Waals surface area contributed by atoms with E-state index in [0.717, 1.165) is 60.2 Å². The Labute approximate surface area is 310 Å². The Morgan fingerprint density at radius 1 is 0.259 bits per heavy atom. The third kappa shape index (κ3) is 4.17. The smallest absolute Gasteiger partial charge is 0.143 e. The first-order valence-electron chi connectivity index (χ1n) is 18.5. The fourth-order valence-electron chi connectivity index (χ4n) is 9.05. The lowest BCUT2D eigenvalue weighted by molar-refractivity contribution is 0.667. The molecule has 12 rings (SSSR count). The van der Waals surface area contributed by atoms with E-state index in [1.54, 1.807) is 0 Å².